The molecule has 13 nitrogen and oxygen atoms in total. The SMILES string of the molecule is CCC(CC(CC(C)n1cc[n+](CCN)c1)n1ccnc1)n1ccnc1.[Cl][Os].c1ccc(-n2cccn2)nc1.c1ccc(-n2cccn2)nc1. The minimum atomic E-state index is 0.380. The molecule has 7 heterocycles. The Kier molecular flexibility index (Phi) is 16.2. The summed E-state index contributed by atoms with van der Waals surface area (Å²) < 4.78 is 12.3. The molecule has 50 heavy (non-hydrogen) atoms. The van der Waals surface area contributed by atoms with Crippen molar-refractivity contribution in [1.82, 2.24) is 53.2 Å². The average Bonchev–Trinajstić information content (AvgIpc) is 4.02. The second kappa shape index (κ2) is 21.3. The molecule has 0 amide bonds. The quantitative estimate of drug-likeness (QED) is 0.159. The summed E-state index contributed by atoms with van der Waals surface area (Å²) in [5, 5.41) is 8.08. The molecule has 0 aromatic carbocycles. The predicted molar refractivity (Wildman–Crippen MR) is 189 cm³/mol. The molecule has 0 aliphatic rings. The van der Waals surface area contributed by atoms with Gasteiger partial charge in [-0.25, -0.2) is 38.4 Å². The first kappa shape index (κ1) is 38.0. The maximum atomic E-state index is 5.66. The molecule has 3 atom stereocenters. The number of pyridine rings is 2. The van der Waals surface area contributed by atoms with Crippen molar-refractivity contribution in [2.75, 3.05) is 6.54 Å². The van der Waals surface area contributed by atoms with Crippen molar-refractivity contribution in [3.05, 3.63) is 142 Å². The molecular weight excluding hydrogens is 828 g/mol. The first-order chi connectivity index (χ1) is 24.6. The summed E-state index contributed by atoms with van der Waals surface area (Å²) in [4.78, 5) is 16.7. The molecule has 3 unspecified atom stereocenters. The van der Waals surface area contributed by atoms with Crippen molar-refractivity contribution in [2.24, 2.45) is 5.73 Å². The summed E-state index contributed by atoms with van der Waals surface area (Å²) in [5.74, 6) is 1.69. The Morgan fingerprint density at radius 1 is 0.700 bits per heavy atom. The number of imidazole rings is 3. The number of hydrogen-bond acceptors (Lipinski definition) is 7. The van der Waals surface area contributed by atoms with Crippen molar-refractivity contribution in [3.8, 4) is 11.6 Å². The van der Waals surface area contributed by atoms with Gasteiger partial charge in [-0.05, 0) is 56.2 Å². The fourth-order valence-electron chi connectivity index (χ4n) is 5.38. The largest absolute Gasteiger partial charge is 0.237 e. The van der Waals surface area contributed by atoms with Gasteiger partial charge in [-0.3, -0.25) is 0 Å². The number of aromatic nitrogens is 12. The van der Waals surface area contributed by atoms with Gasteiger partial charge in [0.1, 0.15) is 18.9 Å². The smallest absolute Gasteiger partial charge is 0.153 e. The molecule has 0 saturated carbocycles. The molecule has 0 aliphatic carbocycles. The molecule has 15 heteroatoms. The second-order valence-electron chi connectivity index (χ2n) is 11.2. The van der Waals surface area contributed by atoms with Gasteiger partial charge < -0.3 is 14.9 Å². The Morgan fingerprint density at radius 3 is 1.72 bits per heavy atom. The van der Waals surface area contributed by atoms with Crippen LogP contribution in [-0.2, 0) is 24.1 Å². The maximum absolute atomic E-state index is 5.66. The van der Waals surface area contributed by atoms with E-state index in [0.29, 0.717) is 24.7 Å². The topological polar surface area (TPSA) is 132 Å². The number of rotatable bonds is 12. The van der Waals surface area contributed by atoms with Gasteiger partial charge in [-0.15, -0.1) is 0 Å². The van der Waals surface area contributed by atoms with Gasteiger partial charge >= 0.3 is 27.2 Å². The molecule has 7 rings (SSSR count). The van der Waals surface area contributed by atoms with Crippen LogP contribution in [0.4, 0.5) is 0 Å². The summed E-state index contributed by atoms with van der Waals surface area (Å²) in [5.41, 5.74) is 5.66. The third-order valence-electron chi connectivity index (χ3n) is 7.91. The van der Waals surface area contributed by atoms with Gasteiger partial charge in [0.25, 0.3) is 0 Å². The van der Waals surface area contributed by atoms with Crippen molar-refractivity contribution < 1.29 is 22.2 Å². The van der Waals surface area contributed by atoms with E-state index in [2.05, 4.69) is 103 Å². The first-order valence-corrected chi connectivity index (χ1v) is 19.5. The van der Waals surface area contributed by atoms with Crippen LogP contribution in [0.2, 0.25) is 0 Å². The number of nitrogens with zero attached hydrogens (tertiary/aromatic N) is 12. The monoisotopic (exact) mass is 873 g/mol. The van der Waals surface area contributed by atoms with E-state index >= 15 is 0 Å². The van der Waals surface area contributed by atoms with Crippen molar-refractivity contribution >= 4 is 9.64 Å². The molecular formula is C35H44ClN13Os+. The Hall–Kier alpha value is -4.76. The van der Waals surface area contributed by atoms with Crippen molar-refractivity contribution in [2.45, 2.75) is 57.8 Å². The molecule has 0 radical (unpaired) electrons. The van der Waals surface area contributed by atoms with Crippen LogP contribution in [0, 0.1) is 0 Å². The van der Waals surface area contributed by atoms with E-state index in [4.69, 9.17) is 5.73 Å². The Morgan fingerprint density at radius 2 is 1.28 bits per heavy atom. The van der Waals surface area contributed by atoms with Crippen molar-refractivity contribution in [1.29, 1.82) is 0 Å². The molecule has 0 saturated heterocycles. The van der Waals surface area contributed by atoms with Crippen LogP contribution in [0.15, 0.2) is 142 Å². The fraction of sp³-hybridized carbons (Fsp3) is 0.286. The summed E-state index contributed by atoms with van der Waals surface area (Å²) in [6.45, 7) is 6.02. The molecule has 2 N–H and O–H groups in total. The van der Waals surface area contributed by atoms with Crippen LogP contribution < -0.4 is 10.3 Å². The van der Waals surface area contributed by atoms with Gasteiger partial charge in [-0.1, -0.05) is 19.1 Å². The van der Waals surface area contributed by atoms with Crippen LogP contribution in [0.25, 0.3) is 11.6 Å². The van der Waals surface area contributed by atoms with Gasteiger partial charge in [0, 0.05) is 87.0 Å². The van der Waals surface area contributed by atoms with E-state index in [1.807, 2.05) is 86.0 Å². The van der Waals surface area contributed by atoms with Gasteiger partial charge in [0.15, 0.2) is 11.6 Å². The van der Waals surface area contributed by atoms with Gasteiger partial charge in [0.2, 0.25) is 6.33 Å². The number of hydrogen-bond donors (Lipinski definition) is 1. The summed E-state index contributed by atoms with van der Waals surface area (Å²) in [6, 6.07) is 16.4. The van der Waals surface area contributed by atoms with Crippen molar-refractivity contribution in [3.63, 3.8) is 0 Å². The van der Waals surface area contributed by atoms with E-state index in [1.54, 1.807) is 34.2 Å². The summed E-state index contributed by atoms with van der Waals surface area (Å²) in [7, 11) is 4.67. The zero-order chi connectivity index (χ0) is 35.4. The molecule has 7 aromatic heterocycles. The minimum absolute atomic E-state index is 0.380. The number of halogens is 1. The Balaban J connectivity index is 0.000000191. The summed E-state index contributed by atoms with van der Waals surface area (Å²) >= 11 is 1.33. The maximum Gasteiger partial charge on any atom is 0.153 e. The normalized spacial score (nSPS) is 12.3. The Bertz CT molecular complexity index is 1720. The van der Waals surface area contributed by atoms with E-state index in [0.717, 1.165) is 37.4 Å². The molecule has 263 valence electrons. The van der Waals surface area contributed by atoms with E-state index in [9.17, 15) is 0 Å². The molecule has 0 bridgehead atoms. The van der Waals surface area contributed by atoms with Crippen LogP contribution in [0.5, 0.6) is 0 Å². The fourth-order valence-corrected chi connectivity index (χ4v) is 5.38. The van der Waals surface area contributed by atoms with Crippen LogP contribution in [0.1, 0.15) is 51.2 Å². The van der Waals surface area contributed by atoms with Gasteiger partial charge in [-0.2, -0.15) is 10.2 Å². The van der Waals surface area contributed by atoms with Gasteiger partial charge in [0.05, 0.1) is 18.7 Å². The third kappa shape index (κ3) is 11.7. The number of nitrogens with two attached hydrogens (primary N) is 1. The zero-order valence-electron chi connectivity index (χ0n) is 28.2. The van der Waals surface area contributed by atoms with Crippen LogP contribution >= 0.6 is 9.64 Å². The third-order valence-corrected chi connectivity index (χ3v) is 7.91. The van der Waals surface area contributed by atoms with Crippen LogP contribution in [0.3, 0.4) is 0 Å². The first-order valence-electron chi connectivity index (χ1n) is 16.3. The minimum Gasteiger partial charge on any atom is -0.237 e. The van der Waals surface area contributed by atoms with Crippen LogP contribution in [-0.4, -0.2) is 59.7 Å². The zero-order valence-corrected chi connectivity index (χ0v) is 31.5. The molecule has 0 spiro atoms. The predicted octanol–water partition coefficient (Wildman–Crippen LogP) is 5.58. The molecule has 0 aliphatic heterocycles. The standard InChI is InChI=1S/C19H30N7.2C8H7N3.ClH.Os/c1-3-18(24-8-5-21-14-24)13-19(25-9-6-22-15-25)12-17(2)26-11-10-23(16-26)7-4-20;2*1-2-5-9-8(4-1)11-7-3-6-10-11;;/h5-6,8-11,14-19H,3-4,7,12-13,20H2,1-2H3;2*1-7H;1H;/q+1;;;;+1/p-1. The Labute approximate surface area is 307 Å². The summed E-state index contributed by atoms with van der Waals surface area (Å²) in [6.07, 6.45) is 31.9. The van der Waals surface area contributed by atoms with E-state index in [1.165, 1.54) is 17.6 Å². The van der Waals surface area contributed by atoms with E-state index in [-0.39, 0.29) is 0 Å². The average molecular weight is 873 g/mol. The molecule has 0 fully saturated rings. The van der Waals surface area contributed by atoms with E-state index < -0.39 is 0 Å². The second-order valence-corrected chi connectivity index (χ2v) is 11.2. The molecule has 7 aromatic rings.